The highest BCUT2D eigenvalue weighted by Gasteiger charge is 2.55. The fourth-order valence-corrected chi connectivity index (χ4v) is 4.60. The largest absolute Gasteiger partial charge is 0.387 e. The van der Waals surface area contributed by atoms with E-state index in [0.29, 0.717) is 0 Å². The lowest BCUT2D eigenvalue weighted by molar-refractivity contribution is -0.208. The van der Waals surface area contributed by atoms with Crippen molar-refractivity contribution in [2.24, 2.45) is 0 Å². The van der Waals surface area contributed by atoms with Crippen molar-refractivity contribution >= 4 is 55.6 Å². The monoisotopic (exact) mass is 468 g/mol. The van der Waals surface area contributed by atoms with Gasteiger partial charge < -0.3 is 44.7 Å². The summed E-state index contributed by atoms with van der Waals surface area (Å²) >= 11 is 12.6. The van der Waals surface area contributed by atoms with E-state index in [0.717, 1.165) is 0 Å². The Balaban J connectivity index is 3.23. The molecular weight excluding hydrogens is 453 g/mol. The number of hydrogen-bond acceptors (Lipinski definition) is 9. The van der Waals surface area contributed by atoms with E-state index in [-0.39, 0.29) is 0 Å². The van der Waals surface area contributed by atoms with E-state index in [1.54, 1.807) is 0 Å². The van der Waals surface area contributed by atoms with E-state index in [1.807, 2.05) is 0 Å². The second-order valence-corrected chi connectivity index (χ2v) is 12.5. The zero-order valence-electron chi connectivity index (χ0n) is 11.3. The summed E-state index contributed by atoms with van der Waals surface area (Å²) in [5.41, 5.74) is 0. The standard InChI is InChI=1S/C6H15O12P3S3/c7-1-2(8)5(17-20(12,13)23)6(18-21(14,15)24)3(9)4(1)16-19(10,11)22/h1-9H,(H2,10,11,22)(H2,12,13,23)(H2,14,15,24)/t1-,2-,3+,4-,5+,6+/m0/s1. The van der Waals surface area contributed by atoms with Gasteiger partial charge in [-0.05, 0) is 35.4 Å². The molecule has 1 saturated carbocycles. The molecule has 1 rings (SSSR count). The molecule has 0 radical (unpaired) electrons. The topological polar surface area (TPSA) is 210 Å². The smallest absolute Gasteiger partial charge is 0.322 e. The third kappa shape index (κ3) is 7.24. The molecule has 12 nitrogen and oxygen atoms in total. The molecule has 6 atom stereocenters. The molecule has 0 unspecified atom stereocenters. The molecule has 0 heterocycles. The van der Waals surface area contributed by atoms with Crippen molar-refractivity contribution in [3.05, 3.63) is 0 Å². The minimum atomic E-state index is -4.48. The first-order chi connectivity index (χ1) is 10.5. The first-order valence-electron chi connectivity index (χ1n) is 5.78. The minimum absolute atomic E-state index is 1.96. The van der Waals surface area contributed by atoms with Crippen LogP contribution in [0.15, 0.2) is 0 Å². The molecule has 0 bridgehead atoms. The van der Waals surface area contributed by atoms with Crippen LogP contribution in [0.4, 0.5) is 0 Å². The van der Waals surface area contributed by atoms with Gasteiger partial charge in [0.2, 0.25) is 0 Å². The Bertz CT molecular complexity index is 585. The van der Waals surface area contributed by atoms with Gasteiger partial charge in [0.05, 0.1) is 0 Å². The van der Waals surface area contributed by atoms with Gasteiger partial charge in [0.25, 0.3) is 0 Å². The lowest BCUT2D eigenvalue weighted by Gasteiger charge is -2.45. The van der Waals surface area contributed by atoms with Crippen LogP contribution >= 0.6 is 20.2 Å². The van der Waals surface area contributed by atoms with Gasteiger partial charge in [-0.2, -0.15) is 0 Å². The lowest BCUT2D eigenvalue weighted by Crippen LogP contribution is -2.65. The average Bonchev–Trinajstić information content (AvgIpc) is 2.32. The Morgan fingerprint density at radius 1 is 0.500 bits per heavy atom. The molecule has 18 heteroatoms. The van der Waals surface area contributed by atoms with Crippen LogP contribution in [0.1, 0.15) is 0 Å². The van der Waals surface area contributed by atoms with Gasteiger partial charge in [-0.3, -0.25) is 13.6 Å². The summed E-state index contributed by atoms with van der Waals surface area (Å²) in [7, 11) is 0. The van der Waals surface area contributed by atoms with Gasteiger partial charge in [0, 0.05) is 0 Å². The van der Waals surface area contributed by atoms with Crippen LogP contribution in [0.3, 0.4) is 0 Å². The molecule has 1 aliphatic rings. The van der Waals surface area contributed by atoms with E-state index in [4.69, 9.17) is 9.79 Å². The van der Waals surface area contributed by atoms with Gasteiger partial charge in [0.15, 0.2) is 0 Å². The summed E-state index contributed by atoms with van der Waals surface area (Å²) in [5, 5.41) is 30.0. The second kappa shape index (κ2) is 8.23. The van der Waals surface area contributed by atoms with E-state index >= 15 is 0 Å². The predicted octanol–water partition coefficient (Wildman–Crippen LogP) is -3.13. The normalized spacial score (nSPS) is 35.9. The number of aliphatic hydroxyl groups is 3. The summed E-state index contributed by atoms with van der Waals surface area (Å²) < 4.78 is 13.7. The van der Waals surface area contributed by atoms with Gasteiger partial charge >= 0.3 is 20.2 Å². The molecule has 0 aromatic rings. The summed E-state index contributed by atoms with van der Waals surface area (Å²) in [6.07, 6.45) is -12.2. The van der Waals surface area contributed by atoms with Crippen LogP contribution in [0, 0.1) is 0 Å². The molecule has 0 aromatic carbocycles. The maximum Gasteiger partial charge on any atom is 0.322 e. The Morgan fingerprint density at radius 3 is 1.08 bits per heavy atom. The molecule has 24 heavy (non-hydrogen) atoms. The Kier molecular flexibility index (Phi) is 8.06. The SMILES string of the molecule is O[C@@H]1[C@@H](OP(O)(O)=S)[C@@H](O)[C@H](O)[C@@H](OP(O)(O)=S)[C@@H]1OP(O)(O)=S. The van der Waals surface area contributed by atoms with Crippen molar-refractivity contribution in [3.63, 3.8) is 0 Å². The Hall–Kier alpha value is 1.47. The highest BCUT2D eigenvalue weighted by atomic mass is 32.5. The lowest BCUT2D eigenvalue weighted by atomic mass is 9.85. The predicted molar refractivity (Wildman–Crippen MR) is 88.8 cm³/mol. The fourth-order valence-electron chi connectivity index (χ4n) is 2.01. The van der Waals surface area contributed by atoms with Crippen LogP contribution in [-0.4, -0.2) is 81.3 Å². The first kappa shape index (κ1) is 23.5. The van der Waals surface area contributed by atoms with Crippen molar-refractivity contribution < 1.29 is 58.3 Å². The van der Waals surface area contributed by atoms with E-state index in [2.05, 4.69) is 49.0 Å². The maximum atomic E-state index is 10.1. The van der Waals surface area contributed by atoms with Gasteiger partial charge in [-0.15, -0.1) is 0 Å². The van der Waals surface area contributed by atoms with Crippen molar-refractivity contribution in [3.8, 4) is 0 Å². The van der Waals surface area contributed by atoms with E-state index in [9.17, 15) is 34.9 Å². The van der Waals surface area contributed by atoms with Gasteiger partial charge in [-0.25, -0.2) is 0 Å². The molecule has 0 spiro atoms. The first-order valence-corrected chi connectivity index (χ1v) is 13.7. The second-order valence-electron chi connectivity index (χ2n) is 4.65. The van der Waals surface area contributed by atoms with Crippen molar-refractivity contribution in [2.75, 3.05) is 0 Å². The molecular formula is C6H15O12P3S3. The van der Waals surface area contributed by atoms with Crippen molar-refractivity contribution in [2.45, 2.75) is 36.6 Å². The summed E-state index contributed by atoms with van der Waals surface area (Å²) in [4.78, 5) is 55.1. The number of hydrogen-bond donors (Lipinski definition) is 9. The minimum Gasteiger partial charge on any atom is -0.387 e. The Labute approximate surface area is 150 Å². The van der Waals surface area contributed by atoms with Gasteiger partial charge in [0.1, 0.15) is 36.6 Å². The zero-order valence-corrected chi connectivity index (χ0v) is 16.4. The van der Waals surface area contributed by atoms with Crippen LogP contribution in [0.5, 0.6) is 0 Å². The average molecular weight is 468 g/mol. The maximum absolute atomic E-state index is 10.1. The van der Waals surface area contributed by atoms with Crippen LogP contribution in [0.2, 0.25) is 0 Å². The summed E-state index contributed by atoms with van der Waals surface area (Å²) in [6.45, 7) is -13.4. The molecule has 0 amide bonds. The van der Waals surface area contributed by atoms with Crippen molar-refractivity contribution in [1.82, 2.24) is 0 Å². The molecule has 0 aliphatic heterocycles. The van der Waals surface area contributed by atoms with Crippen LogP contribution < -0.4 is 0 Å². The summed E-state index contributed by atoms with van der Waals surface area (Å²) in [6, 6.07) is 0. The van der Waals surface area contributed by atoms with Crippen LogP contribution in [-0.2, 0) is 49.0 Å². The van der Waals surface area contributed by atoms with E-state index < -0.39 is 56.8 Å². The third-order valence-electron chi connectivity index (χ3n) is 2.80. The van der Waals surface area contributed by atoms with Crippen LogP contribution in [0.25, 0.3) is 0 Å². The molecule has 0 aromatic heterocycles. The number of aliphatic hydroxyl groups excluding tert-OH is 3. The van der Waals surface area contributed by atoms with Crippen molar-refractivity contribution in [1.29, 1.82) is 0 Å². The number of rotatable bonds is 6. The summed E-state index contributed by atoms with van der Waals surface area (Å²) in [5.74, 6) is 0. The van der Waals surface area contributed by atoms with E-state index in [1.165, 1.54) is 0 Å². The highest BCUT2D eigenvalue weighted by molar-refractivity contribution is 8.07. The highest BCUT2D eigenvalue weighted by Crippen LogP contribution is 2.49. The molecule has 0 saturated heterocycles. The van der Waals surface area contributed by atoms with Gasteiger partial charge in [-0.1, -0.05) is 0 Å². The third-order valence-corrected chi connectivity index (χ3v) is 5.13. The molecule has 1 fully saturated rings. The Morgan fingerprint density at radius 2 is 0.750 bits per heavy atom. The molecule has 1 aliphatic carbocycles. The molecule has 144 valence electrons. The fraction of sp³-hybridized carbons (Fsp3) is 1.00. The zero-order chi connectivity index (χ0) is 19.1. The quantitative estimate of drug-likeness (QED) is 0.176. The molecule has 9 N–H and O–H groups in total.